The maximum absolute atomic E-state index is 13.1. The Kier molecular flexibility index (Phi) is 6.15. The molecule has 4 rings (SSSR count). The normalized spacial score (nSPS) is 17.4. The molecule has 0 spiro atoms. The van der Waals surface area contributed by atoms with Crippen LogP contribution in [0.4, 0.5) is 4.39 Å². The molecule has 1 saturated heterocycles. The third-order valence-electron chi connectivity index (χ3n) is 5.38. The van der Waals surface area contributed by atoms with Crippen molar-refractivity contribution in [2.75, 3.05) is 13.1 Å². The molecule has 1 aliphatic rings. The first kappa shape index (κ1) is 21.2. The van der Waals surface area contributed by atoms with Crippen LogP contribution in [0.3, 0.4) is 0 Å². The second-order valence-corrected chi connectivity index (χ2v) is 9.43. The van der Waals surface area contributed by atoms with Gasteiger partial charge in [-0.1, -0.05) is 12.1 Å². The molecule has 7 nitrogen and oxygen atoms in total. The summed E-state index contributed by atoms with van der Waals surface area (Å²) in [4.78, 5) is 12.7. The molecular weight excluding hydrogens is 419 g/mol. The third kappa shape index (κ3) is 4.83. The summed E-state index contributed by atoms with van der Waals surface area (Å²) in [5.74, 6) is -1.09. The van der Waals surface area contributed by atoms with Gasteiger partial charge in [0.25, 0.3) is 0 Å². The van der Waals surface area contributed by atoms with E-state index in [9.17, 15) is 17.6 Å². The number of rotatable bonds is 6. The van der Waals surface area contributed by atoms with Crippen molar-refractivity contribution in [1.29, 1.82) is 0 Å². The predicted molar refractivity (Wildman–Crippen MR) is 113 cm³/mol. The topological polar surface area (TPSA) is 84.3 Å². The molecule has 1 aliphatic heterocycles. The van der Waals surface area contributed by atoms with Gasteiger partial charge in [0.2, 0.25) is 15.9 Å². The number of piperidine rings is 1. The number of sulfonamides is 1. The highest BCUT2D eigenvalue weighted by molar-refractivity contribution is 7.89. The molecule has 1 fully saturated rings. The van der Waals surface area contributed by atoms with Gasteiger partial charge in [-0.2, -0.15) is 9.40 Å². The molecule has 162 valence electrons. The number of carbonyl (C=O) groups excluding carboxylic acids is 1. The summed E-state index contributed by atoms with van der Waals surface area (Å²) >= 11 is 0. The van der Waals surface area contributed by atoms with Crippen LogP contribution in [0.25, 0.3) is 5.69 Å². The van der Waals surface area contributed by atoms with E-state index in [1.165, 1.54) is 16.4 Å². The Morgan fingerprint density at radius 1 is 1.13 bits per heavy atom. The molecule has 1 amide bonds. The van der Waals surface area contributed by atoms with Crippen molar-refractivity contribution >= 4 is 15.9 Å². The van der Waals surface area contributed by atoms with Gasteiger partial charge in [0.15, 0.2) is 0 Å². The monoisotopic (exact) mass is 442 g/mol. The highest BCUT2D eigenvalue weighted by Gasteiger charge is 2.33. The van der Waals surface area contributed by atoms with Crippen molar-refractivity contribution < 1.29 is 17.6 Å². The van der Waals surface area contributed by atoms with Crippen LogP contribution in [0.15, 0.2) is 71.9 Å². The second-order valence-electron chi connectivity index (χ2n) is 7.49. The van der Waals surface area contributed by atoms with Gasteiger partial charge in [0, 0.05) is 32.0 Å². The van der Waals surface area contributed by atoms with Gasteiger partial charge in [0.05, 0.1) is 16.5 Å². The van der Waals surface area contributed by atoms with Crippen molar-refractivity contribution in [2.24, 2.45) is 5.92 Å². The van der Waals surface area contributed by atoms with Gasteiger partial charge < -0.3 is 5.32 Å². The van der Waals surface area contributed by atoms with Crippen molar-refractivity contribution in [3.05, 3.63) is 78.4 Å². The van der Waals surface area contributed by atoms with Gasteiger partial charge in [-0.25, -0.2) is 17.5 Å². The first-order valence-electron chi connectivity index (χ1n) is 10.1. The van der Waals surface area contributed by atoms with Gasteiger partial charge in [0.1, 0.15) is 5.82 Å². The van der Waals surface area contributed by atoms with E-state index in [2.05, 4.69) is 10.4 Å². The maximum Gasteiger partial charge on any atom is 0.243 e. The minimum absolute atomic E-state index is 0.0345. The Labute approximate surface area is 180 Å². The number of nitrogens with one attached hydrogen (secondary N) is 1. The zero-order valence-corrected chi connectivity index (χ0v) is 17.6. The molecule has 2 heterocycles. The highest BCUT2D eigenvalue weighted by Crippen LogP contribution is 2.24. The molecule has 1 aromatic heterocycles. The van der Waals surface area contributed by atoms with Gasteiger partial charge in [-0.15, -0.1) is 0 Å². The SMILES string of the molecule is O=C(NCc1ccc(-n2cccn2)cc1)C1CCCN(S(=O)(=O)c2ccc(F)cc2)C1. The molecule has 0 saturated carbocycles. The van der Waals surface area contributed by atoms with Crippen LogP contribution in [0, 0.1) is 11.7 Å². The molecular formula is C22H23FN4O3S. The van der Waals surface area contributed by atoms with E-state index in [1.807, 2.05) is 36.5 Å². The van der Waals surface area contributed by atoms with Crippen molar-refractivity contribution in [1.82, 2.24) is 19.4 Å². The Balaban J connectivity index is 1.36. The van der Waals surface area contributed by atoms with Crippen LogP contribution >= 0.6 is 0 Å². The van der Waals surface area contributed by atoms with Crippen molar-refractivity contribution in [2.45, 2.75) is 24.3 Å². The average molecular weight is 443 g/mol. The first-order valence-corrected chi connectivity index (χ1v) is 11.5. The summed E-state index contributed by atoms with van der Waals surface area (Å²) < 4.78 is 41.9. The predicted octanol–water partition coefficient (Wildman–Crippen LogP) is 2.73. The van der Waals surface area contributed by atoms with E-state index in [0.717, 1.165) is 23.4 Å². The zero-order valence-electron chi connectivity index (χ0n) is 16.8. The summed E-state index contributed by atoms with van der Waals surface area (Å²) in [6, 6.07) is 14.3. The fourth-order valence-corrected chi connectivity index (χ4v) is 5.18. The number of hydrogen-bond acceptors (Lipinski definition) is 4. The second kappa shape index (κ2) is 8.99. The summed E-state index contributed by atoms with van der Waals surface area (Å²) in [6.07, 6.45) is 4.78. The maximum atomic E-state index is 13.1. The summed E-state index contributed by atoms with van der Waals surface area (Å²) in [6.45, 7) is 0.821. The fraction of sp³-hybridized carbons (Fsp3) is 0.273. The van der Waals surface area contributed by atoms with Crippen LogP contribution in [0.5, 0.6) is 0 Å². The number of benzene rings is 2. The molecule has 2 aromatic carbocycles. The Hall–Kier alpha value is -3.04. The first-order chi connectivity index (χ1) is 14.9. The lowest BCUT2D eigenvalue weighted by Crippen LogP contribution is -2.45. The number of carbonyl (C=O) groups is 1. The Bertz CT molecular complexity index is 1130. The van der Waals surface area contributed by atoms with Crippen molar-refractivity contribution in [3.8, 4) is 5.69 Å². The number of amides is 1. The summed E-state index contributed by atoms with van der Waals surface area (Å²) in [5, 5.41) is 7.09. The van der Waals surface area contributed by atoms with E-state index < -0.39 is 21.8 Å². The van der Waals surface area contributed by atoms with Crippen LogP contribution in [0.1, 0.15) is 18.4 Å². The number of nitrogens with zero attached hydrogens (tertiary/aromatic N) is 3. The van der Waals surface area contributed by atoms with Gasteiger partial charge in [-0.3, -0.25) is 4.79 Å². The fourth-order valence-electron chi connectivity index (χ4n) is 3.65. The summed E-state index contributed by atoms with van der Waals surface area (Å²) in [5.41, 5.74) is 1.87. The molecule has 1 N–H and O–H groups in total. The molecule has 0 bridgehead atoms. The van der Waals surface area contributed by atoms with Crippen LogP contribution < -0.4 is 5.32 Å². The molecule has 1 unspecified atom stereocenters. The standard InChI is InChI=1S/C22H23FN4O3S/c23-19-6-10-21(11-7-19)31(29,30)26-13-1-3-18(16-26)22(28)24-15-17-4-8-20(9-5-17)27-14-2-12-25-27/h2,4-12,14,18H,1,3,13,15-16H2,(H,24,28). The largest absolute Gasteiger partial charge is 0.352 e. The Morgan fingerprint density at radius 3 is 2.55 bits per heavy atom. The molecule has 9 heteroatoms. The van der Waals surface area contributed by atoms with E-state index in [1.54, 1.807) is 10.9 Å². The van der Waals surface area contributed by atoms with Crippen LogP contribution in [-0.4, -0.2) is 41.5 Å². The lowest BCUT2D eigenvalue weighted by atomic mass is 9.99. The smallest absolute Gasteiger partial charge is 0.243 e. The molecule has 31 heavy (non-hydrogen) atoms. The third-order valence-corrected chi connectivity index (χ3v) is 7.26. The minimum Gasteiger partial charge on any atom is -0.352 e. The lowest BCUT2D eigenvalue weighted by molar-refractivity contribution is -0.126. The Morgan fingerprint density at radius 2 is 1.87 bits per heavy atom. The number of hydrogen-bond donors (Lipinski definition) is 1. The molecule has 3 aromatic rings. The van der Waals surface area contributed by atoms with E-state index >= 15 is 0 Å². The molecule has 0 radical (unpaired) electrons. The molecule has 0 aliphatic carbocycles. The van der Waals surface area contributed by atoms with Crippen LogP contribution in [-0.2, 0) is 21.4 Å². The summed E-state index contributed by atoms with van der Waals surface area (Å²) in [7, 11) is -3.76. The zero-order chi connectivity index (χ0) is 21.8. The quantitative estimate of drug-likeness (QED) is 0.636. The lowest BCUT2D eigenvalue weighted by Gasteiger charge is -2.31. The van der Waals surface area contributed by atoms with E-state index in [0.29, 0.717) is 25.9 Å². The number of aromatic nitrogens is 2. The molecule has 1 atom stereocenters. The van der Waals surface area contributed by atoms with Gasteiger partial charge in [-0.05, 0) is 60.9 Å². The number of halogens is 1. The van der Waals surface area contributed by atoms with Gasteiger partial charge >= 0.3 is 0 Å². The van der Waals surface area contributed by atoms with Crippen LogP contribution in [0.2, 0.25) is 0 Å². The highest BCUT2D eigenvalue weighted by atomic mass is 32.2. The average Bonchev–Trinajstić information content (AvgIpc) is 3.33. The minimum atomic E-state index is -3.76. The van der Waals surface area contributed by atoms with Crippen molar-refractivity contribution in [3.63, 3.8) is 0 Å². The van der Waals surface area contributed by atoms with E-state index in [-0.39, 0.29) is 17.3 Å². The van der Waals surface area contributed by atoms with E-state index in [4.69, 9.17) is 0 Å².